The van der Waals surface area contributed by atoms with Gasteiger partial charge in [-0.3, -0.25) is 4.79 Å². The van der Waals surface area contributed by atoms with Crippen molar-refractivity contribution in [2.24, 2.45) is 4.99 Å². The smallest absolute Gasteiger partial charge is 0.407 e. The summed E-state index contributed by atoms with van der Waals surface area (Å²) in [6.45, 7) is 6.41. The molecule has 0 bridgehead atoms. The van der Waals surface area contributed by atoms with Crippen LogP contribution >= 0.6 is 24.0 Å². The van der Waals surface area contributed by atoms with Crippen LogP contribution in [0.2, 0.25) is 0 Å². The molecule has 1 aliphatic rings. The third-order valence-electron chi connectivity index (χ3n) is 5.21. The van der Waals surface area contributed by atoms with Gasteiger partial charge in [0.1, 0.15) is 12.1 Å². The molecule has 186 valence electrons. The van der Waals surface area contributed by atoms with Gasteiger partial charge in [-0.1, -0.05) is 30.3 Å². The van der Waals surface area contributed by atoms with E-state index in [0.717, 1.165) is 38.6 Å². The normalized spacial score (nSPS) is 18.5. The van der Waals surface area contributed by atoms with E-state index in [1.165, 1.54) is 5.56 Å². The molecule has 8 nitrogen and oxygen atoms in total. The molecule has 2 rings (SSSR count). The van der Waals surface area contributed by atoms with Crippen LogP contribution in [-0.2, 0) is 16.0 Å². The fraction of sp³-hybridized carbons (Fsp3) is 0.625. The Balaban J connectivity index is 0.00000544. The Morgan fingerprint density at radius 2 is 1.61 bits per heavy atom. The van der Waals surface area contributed by atoms with Gasteiger partial charge < -0.3 is 25.6 Å². The van der Waals surface area contributed by atoms with Crippen LogP contribution < -0.4 is 16.0 Å². The molecule has 1 fully saturated rings. The zero-order chi connectivity index (χ0) is 23.6. The lowest BCUT2D eigenvalue weighted by Crippen LogP contribution is -2.48. The maximum atomic E-state index is 12.0. The van der Waals surface area contributed by atoms with Crippen molar-refractivity contribution in [2.75, 3.05) is 27.2 Å². The number of carbonyl (C=O) groups is 2. The average molecular weight is 574 g/mol. The van der Waals surface area contributed by atoms with Gasteiger partial charge in [0.15, 0.2) is 5.96 Å². The number of amides is 2. The predicted molar refractivity (Wildman–Crippen MR) is 143 cm³/mol. The number of rotatable bonds is 7. The largest absolute Gasteiger partial charge is 0.444 e. The molecule has 9 heteroatoms. The summed E-state index contributed by atoms with van der Waals surface area (Å²) in [4.78, 5) is 30.0. The van der Waals surface area contributed by atoms with Crippen LogP contribution in [0.1, 0.15) is 52.0 Å². The van der Waals surface area contributed by atoms with E-state index in [4.69, 9.17) is 4.74 Å². The van der Waals surface area contributed by atoms with Crippen LogP contribution in [0.15, 0.2) is 35.3 Å². The number of halogens is 1. The molecule has 0 radical (unpaired) electrons. The summed E-state index contributed by atoms with van der Waals surface area (Å²) < 4.78 is 5.36. The minimum atomic E-state index is -0.496. The molecule has 1 saturated carbocycles. The van der Waals surface area contributed by atoms with Gasteiger partial charge in [-0.25, -0.2) is 9.79 Å². The van der Waals surface area contributed by atoms with Crippen molar-refractivity contribution >= 4 is 41.9 Å². The highest BCUT2D eigenvalue weighted by Crippen LogP contribution is 2.19. The summed E-state index contributed by atoms with van der Waals surface area (Å²) in [6, 6.07) is 10.6. The van der Waals surface area contributed by atoms with E-state index in [1.54, 1.807) is 19.0 Å². The lowest BCUT2D eigenvalue weighted by Gasteiger charge is -2.31. The highest BCUT2D eigenvalue weighted by Gasteiger charge is 2.25. The lowest BCUT2D eigenvalue weighted by molar-refractivity contribution is -0.127. The number of ether oxygens (including phenoxy) is 1. The van der Waals surface area contributed by atoms with E-state index in [-0.39, 0.29) is 54.6 Å². The maximum absolute atomic E-state index is 12.0. The molecule has 0 unspecified atom stereocenters. The van der Waals surface area contributed by atoms with Gasteiger partial charge >= 0.3 is 6.09 Å². The number of likely N-dealkylation sites (N-methyl/N-ethyl adjacent to an activating group) is 1. The second kappa shape index (κ2) is 14.3. The van der Waals surface area contributed by atoms with Crippen molar-refractivity contribution < 1.29 is 14.3 Å². The summed E-state index contributed by atoms with van der Waals surface area (Å²) in [5.74, 6) is 0.610. The lowest BCUT2D eigenvalue weighted by atomic mass is 9.91. The number of carbonyl (C=O) groups excluding carboxylic acids is 2. The Labute approximate surface area is 215 Å². The number of guanidine groups is 1. The monoisotopic (exact) mass is 573 g/mol. The second-order valence-electron chi connectivity index (χ2n) is 9.45. The minimum absolute atomic E-state index is 0. The quantitative estimate of drug-likeness (QED) is 0.265. The molecule has 0 saturated heterocycles. The Morgan fingerprint density at radius 1 is 1.03 bits per heavy atom. The van der Waals surface area contributed by atoms with Crippen LogP contribution in [0, 0.1) is 0 Å². The first kappa shape index (κ1) is 29.0. The van der Waals surface area contributed by atoms with Gasteiger partial charge in [-0.15, -0.1) is 24.0 Å². The molecule has 0 heterocycles. The Morgan fingerprint density at radius 3 is 2.15 bits per heavy atom. The van der Waals surface area contributed by atoms with E-state index in [1.807, 2.05) is 39.0 Å². The highest BCUT2D eigenvalue weighted by molar-refractivity contribution is 14.0. The first-order valence-electron chi connectivity index (χ1n) is 11.4. The molecule has 33 heavy (non-hydrogen) atoms. The van der Waals surface area contributed by atoms with Crippen molar-refractivity contribution in [2.45, 2.75) is 70.6 Å². The third-order valence-corrected chi connectivity index (χ3v) is 5.21. The van der Waals surface area contributed by atoms with Crippen LogP contribution in [0.4, 0.5) is 4.79 Å². The van der Waals surface area contributed by atoms with Gasteiger partial charge in [-0.2, -0.15) is 0 Å². The van der Waals surface area contributed by atoms with Crippen LogP contribution in [0.25, 0.3) is 0 Å². The Hall–Kier alpha value is -2.04. The molecule has 0 aliphatic heterocycles. The van der Waals surface area contributed by atoms with Crippen LogP contribution in [0.3, 0.4) is 0 Å². The van der Waals surface area contributed by atoms with E-state index in [0.29, 0.717) is 5.96 Å². The zero-order valence-electron chi connectivity index (χ0n) is 20.5. The summed E-state index contributed by atoms with van der Waals surface area (Å²) in [5.41, 5.74) is 0.751. The topological polar surface area (TPSA) is 95.1 Å². The SMILES string of the molecule is CN(C)C(=O)CN=C(NCCc1ccccc1)NC1CCC(NC(=O)OC(C)(C)C)CC1.I. The molecule has 0 atom stereocenters. The number of nitrogens with one attached hydrogen (secondary N) is 3. The minimum Gasteiger partial charge on any atom is -0.444 e. The Kier molecular flexibility index (Phi) is 12.5. The first-order valence-corrected chi connectivity index (χ1v) is 11.4. The summed E-state index contributed by atoms with van der Waals surface area (Å²) in [7, 11) is 3.46. The maximum Gasteiger partial charge on any atom is 0.407 e. The van der Waals surface area contributed by atoms with E-state index in [2.05, 4.69) is 33.1 Å². The molecule has 1 aliphatic carbocycles. The van der Waals surface area contributed by atoms with Crippen LogP contribution in [0.5, 0.6) is 0 Å². The van der Waals surface area contributed by atoms with Gasteiger partial charge in [0, 0.05) is 32.7 Å². The molecule has 0 spiro atoms. The number of aliphatic imine (C=N–C) groups is 1. The summed E-state index contributed by atoms with van der Waals surface area (Å²) >= 11 is 0. The molecular weight excluding hydrogens is 533 g/mol. The molecular formula is C24H40IN5O3. The van der Waals surface area contributed by atoms with Crippen molar-refractivity contribution in [1.82, 2.24) is 20.9 Å². The Bertz CT molecular complexity index is 757. The van der Waals surface area contributed by atoms with Gasteiger partial charge in [0.2, 0.25) is 5.91 Å². The summed E-state index contributed by atoms with van der Waals surface area (Å²) in [5, 5.41) is 9.80. The molecule has 3 N–H and O–H groups in total. The van der Waals surface area contributed by atoms with E-state index >= 15 is 0 Å². The van der Waals surface area contributed by atoms with Gasteiger partial charge in [0.05, 0.1) is 0 Å². The number of nitrogens with zero attached hydrogens (tertiary/aromatic N) is 2. The molecule has 0 aromatic heterocycles. The van der Waals surface area contributed by atoms with Crippen molar-refractivity contribution in [3.05, 3.63) is 35.9 Å². The third kappa shape index (κ3) is 12.1. The number of hydrogen-bond acceptors (Lipinski definition) is 4. The molecule has 1 aromatic carbocycles. The summed E-state index contributed by atoms with van der Waals surface area (Å²) in [6.07, 6.45) is 4.05. The number of hydrogen-bond donors (Lipinski definition) is 3. The average Bonchev–Trinajstić information content (AvgIpc) is 2.72. The number of alkyl carbamates (subject to hydrolysis) is 1. The fourth-order valence-electron chi connectivity index (χ4n) is 3.46. The predicted octanol–water partition coefficient (Wildman–Crippen LogP) is 3.31. The zero-order valence-corrected chi connectivity index (χ0v) is 22.8. The molecule has 2 amide bonds. The van der Waals surface area contributed by atoms with E-state index < -0.39 is 5.60 Å². The number of benzene rings is 1. The van der Waals surface area contributed by atoms with Crippen molar-refractivity contribution in [3.8, 4) is 0 Å². The molecule has 1 aromatic rings. The van der Waals surface area contributed by atoms with E-state index in [9.17, 15) is 9.59 Å². The van der Waals surface area contributed by atoms with Crippen molar-refractivity contribution in [3.63, 3.8) is 0 Å². The second-order valence-corrected chi connectivity index (χ2v) is 9.45. The standard InChI is InChI=1S/C24H39N5O3.HI/c1-24(2,3)32-23(31)28-20-13-11-19(12-14-20)27-22(26-17-21(30)29(4)5)25-16-15-18-9-7-6-8-10-18;/h6-10,19-20H,11-17H2,1-5H3,(H,28,31)(H2,25,26,27);1H. The van der Waals surface area contributed by atoms with Crippen LogP contribution in [-0.4, -0.2) is 67.7 Å². The first-order chi connectivity index (χ1) is 15.1. The van der Waals surface area contributed by atoms with Crippen molar-refractivity contribution in [1.29, 1.82) is 0 Å². The highest BCUT2D eigenvalue weighted by atomic mass is 127. The fourth-order valence-corrected chi connectivity index (χ4v) is 3.46. The van der Waals surface area contributed by atoms with Gasteiger partial charge in [-0.05, 0) is 58.4 Å². The van der Waals surface area contributed by atoms with Gasteiger partial charge in [0.25, 0.3) is 0 Å².